The Kier molecular flexibility index (Phi) is 2.92. The molecule has 1 aromatic heterocycles. The van der Waals surface area contributed by atoms with Crippen LogP contribution in [0.2, 0.25) is 5.28 Å². The zero-order chi connectivity index (χ0) is 9.97. The van der Waals surface area contributed by atoms with E-state index in [4.69, 9.17) is 19.4 Å². The molecule has 0 bridgehead atoms. The Morgan fingerprint density at radius 3 is 2.86 bits per heavy atom. The van der Waals surface area contributed by atoms with Crippen molar-refractivity contribution in [2.75, 3.05) is 5.32 Å². The lowest BCUT2D eigenvalue weighted by molar-refractivity contribution is 0.751. The largest absolute Gasteiger partial charge is 0.368 e. The summed E-state index contributed by atoms with van der Waals surface area (Å²) in [6.45, 7) is 0. The molecule has 1 saturated carbocycles. The Hall–Kier alpha value is -0.765. The molecule has 0 unspecified atom stereocenters. The Labute approximate surface area is 89.7 Å². The van der Waals surface area contributed by atoms with E-state index in [0.717, 1.165) is 0 Å². The molecule has 5 heteroatoms. The van der Waals surface area contributed by atoms with Crippen LogP contribution in [0.15, 0.2) is 6.20 Å². The van der Waals surface area contributed by atoms with Crippen molar-refractivity contribution in [1.29, 1.82) is 0 Å². The van der Waals surface area contributed by atoms with Gasteiger partial charge in [0.15, 0.2) is 0 Å². The maximum absolute atomic E-state index is 5.72. The van der Waals surface area contributed by atoms with Gasteiger partial charge in [-0.2, -0.15) is 0 Å². The van der Waals surface area contributed by atoms with Gasteiger partial charge in [0.1, 0.15) is 13.7 Å². The predicted molar refractivity (Wildman–Crippen MR) is 58.3 cm³/mol. The highest BCUT2D eigenvalue weighted by molar-refractivity contribution is 6.35. The van der Waals surface area contributed by atoms with Crippen LogP contribution in [0.25, 0.3) is 0 Å². The third-order valence-electron chi connectivity index (χ3n) is 2.48. The molecule has 1 N–H and O–H groups in total. The van der Waals surface area contributed by atoms with Crippen LogP contribution in [0.4, 0.5) is 5.82 Å². The van der Waals surface area contributed by atoms with Crippen LogP contribution < -0.4 is 10.8 Å². The fourth-order valence-electron chi connectivity index (χ4n) is 1.75. The smallest absolute Gasteiger partial charge is 0.224 e. The number of nitrogens with zero attached hydrogens (tertiary/aromatic N) is 2. The molecule has 3 nitrogen and oxygen atoms in total. The highest BCUT2D eigenvalue weighted by Crippen LogP contribution is 2.20. The van der Waals surface area contributed by atoms with Crippen molar-refractivity contribution < 1.29 is 0 Å². The summed E-state index contributed by atoms with van der Waals surface area (Å²) >= 11 is 5.68. The predicted octanol–water partition coefficient (Wildman–Crippen LogP) is 1.28. The molecular formula is C9H11BClN3. The third-order valence-corrected chi connectivity index (χ3v) is 2.67. The van der Waals surface area contributed by atoms with E-state index < -0.39 is 0 Å². The van der Waals surface area contributed by atoms with Crippen LogP contribution in [0, 0.1) is 0 Å². The van der Waals surface area contributed by atoms with Gasteiger partial charge in [0.25, 0.3) is 0 Å². The van der Waals surface area contributed by atoms with Crippen molar-refractivity contribution in [3.63, 3.8) is 0 Å². The number of anilines is 1. The SMILES string of the molecule is [B]c1cnc(Cl)nc1NC1CCCC1. The van der Waals surface area contributed by atoms with E-state index in [2.05, 4.69) is 15.3 Å². The van der Waals surface area contributed by atoms with E-state index in [1.165, 1.54) is 31.9 Å². The summed E-state index contributed by atoms with van der Waals surface area (Å²) in [5, 5.41) is 3.53. The summed E-state index contributed by atoms with van der Waals surface area (Å²) in [4.78, 5) is 7.86. The standard InChI is InChI=1S/C9H11BClN3/c10-7-5-12-9(11)14-8(7)13-6-3-1-2-4-6/h5-6H,1-4H2,(H,12,13,14). The van der Waals surface area contributed by atoms with Gasteiger partial charge < -0.3 is 5.32 Å². The molecule has 0 aliphatic heterocycles. The summed E-state index contributed by atoms with van der Waals surface area (Å²) in [5.74, 6) is 0.664. The lowest BCUT2D eigenvalue weighted by Gasteiger charge is -2.14. The van der Waals surface area contributed by atoms with Crippen molar-refractivity contribution in [3.05, 3.63) is 11.5 Å². The van der Waals surface area contributed by atoms with Crippen molar-refractivity contribution >= 4 is 30.7 Å². The molecule has 0 saturated heterocycles. The van der Waals surface area contributed by atoms with E-state index in [1.54, 1.807) is 0 Å². The molecule has 0 atom stereocenters. The Balaban J connectivity index is 2.10. The van der Waals surface area contributed by atoms with Crippen LogP contribution in [0.3, 0.4) is 0 Å². The monoisotopic (exact) mass is 207 g/mol. The van der Waals surface area contributed by atoms with Gasteiger partial charge in [-0.1, -0.05) is 12.8 Å². The van der Waals surface area contributed by atoms with E-state index >= 15 is 0 Å². The minimum atomic E-state index is 0.236. The van der Waals surface area contributed by atoms with Gasteiger partial charge in [-0.05, 0) is 29.9 Å². The van der Waals surface area contributed by atoms with Crippen molar-refractivity contribution in [1.82, 2.24) is 9.97 Å². The lowest BCUT2D eigenvalue weighted by atomic mass is 9.99. The second-order valence-corrected chi connectivity index (χ2v) is 3.91. The van der Waals surface area contributed by atoms with Gasteiger partial charge in [-0.15, -0.1) is 0 Å². The highest BCUT2D eigenvalue weighted by atomic mass is 35.5. The highest BCUT2D eigenvalue weighted by Gasteiger charge is 2.15. The summed E-state index contributed by atoms with van der Waals surface area (Å²) in [7, 11) is 5.72. The van der Waals surface area contributed by atoms with E-state index in [-0.39, 0.29) is 5.28 Å². The summed E-state index contributed by atoms with van der Waals surface area (Å²) in [6, 6.07) is 0.489. The van der Waals surface area contributed by atoms with Crippen LogP contribution in [-0.4, -0.2) is 23.9 Å². The number of rotatable bonds is 2. The van der Waals surface area contributed by atoms with Gasteiger partial charge in [-0.25, -0.2) is 9.97 Å². The molecule has 72 valence electrons. The Morgan fingerprint density at radius 2 is 2.14 bits per heavy atom. The number of nitrogens with one attached hydrogen (secondary N) is 1. The van der Waals surface area contributed by atoms with Gasteiger partial charge in [0, 0.05) is 12.2 Å². The first-order valence-electron chi connectivity index (χ1n) is 4.80. The molecule has 14 heavy (non-hydrogen) atoms. The maximum Gasteiger partial charge on any atom is 0.224 e. The fourth-order valence-corrected chi connectivity index (χ4v) is 1.88. The number of aromatic nitrogens is 2. The van der Waals surface area contributed by atoms with Crippen molar-refractivity contribution in [2.45, 2.75) is 31.7 Å². The van der Waals surface area contributed by atoms with Crippen molar-refractivity contribution in [2.24, 2.45) is 0 Å². The quantitative estimate of drug-likeness (QED) is 0.586. The van der Waals surface area contributed by atoms with Crippen LogP contribution in [0.5, 0.6) is 0 Å². The number of halogens is 1. The number of hydrogen-bond acceptors (Lipinski definition) is 3. The number of hydrogen-bond donors (Lipinski definition) is 1. The molecule has 0 spiro atoms. The summed E-state index contributed by atoms with van der Waals surface area (Å²) in [6.07, 6.45) is 6.45. The van der Waals surface area contributed by atoms with E-state index in [0.29, 0.717) is 17.3 Å². The zero-order valence-corrected chi connectivity index (χ0v) is 8.59. The first-order valence-corrected chi connectivity index (χ1v) is 5.18. The summed E-state index contributed by atoms with van der Waals surface area (Å²) < 4.78 is 0. The van der Waals surface area contributed by atoms with E-state index in [9.17, 15) is 0 Å². The third kappa shape index (κ3) is 2.18. The topological polar surface area (TPSA) is 37.8 Å². The van der Waals surface area contributed by atoms with Gasteiger partial charge in [0.05, 0.1) is 0 Å². The van der Waals surface area contributed by atoms with Crippen LogP contribution in [-0.2, 0) is 0 Å². The fraction of sp³-hybridized carbons (Fsp3) is 0.556. The lowest BCUT2D eigenvalue weighted by Crippen LogP contribution is -2.22. The van der Waals surface area contributed by atoms with Gasteiger partial charge in [0.2, 0.25) is 5.28 Å². The Bertz CT molecular complexity index is 326. The van der Waals surface area contributed by atoms with Gasteiger partial charge in [-0.3, -0.25) is 0 Å². The molecule has 1 fully saturated rings. The Morgan fingerprint density at radius 1 is 1.43 bits per heavy atom. The molecule has 1 aliphatic rings. The second kappa shape index (κ2) is 4.17. The average molecular weight is 207 g/mol. The molecule has 1 aromatic rings. The first-order chi connectivity index (χ1) is 6.75. The molecule has 1 aliphatic carbocycles. The maximum atomic E-state index is 5.72. The van der Waals surface area contributed by atoms with Crippen LogP contribution >= 0.6 is 11.6 Å². The van der Waals surface area contributed by atoms with Crippen LogP contribution in [0.1, 0.15) is 25.7 Å². The molecule has 2 rings (SSSR count). The first kappa shape index (κ1) is 9.78. The molecule has 2 radical (unpaired) electrons. The second-order valence-electron chi connectivity index (χ2n) is 3.57. The minimum Gasteiger partial charge on any atom is -0.368 e. The van der Waals surface area contributed by atoms with E-state index in [1.807, 2.05) is 0 Å². The molecule has 0 amide bonds. The normalized spacial score (nSPS) is 17.2. The van der Waals surface area contributed by atoms with Gasteiger partial charge >= 0.3 is 0 Å². The van der Waals surface area contributed by atoms with Crippen molar-refractivity contribution in [3.8, 4) is 0 Å². The average Bonchev–Trinajstić information content (AvgIpc) is 2.64. The molecule has 0 aromatic carbocycles. The summed E-state index contributed by atoms with van der Waals surface area (Å²) in [5.41, 5.74) is 0.557. The molecular weight excluding hydrogens is 196 g/mol. The minimum absolute atomic E-state index is 0.236. The zero-order valence-electron chi connectivity index (χ0n) is 7.83. The molecule has 1 heterocycles.